The van der Waals surface area contributed by atoms with Crippen LogP contribution in [0.3, 0.4) is 0 Å². The van der Waals surface area contributed by atoms with Gasteiger partial charge in [0.15, 0.2) is 0 Å². The summed E-state index contributed by atoms with van der Waals surface area (Å²) < 4.78 is 2.28. The van der Waals surface area contributed by atoms with Crippen LogP contribution in [0.5, 0.6) is 0 Å². The van der Waals surface area contributed by atoms with E-state index in [4.69, 9.17) is 23.2 Å². The Morgan fingerprint density at radius 2 is 2.10 bits per heavy atom. The number of alkyl halides is 1. The van der Waals surface area contributed by atoms with E-state index >= 15 is 0 Å². The minimum Gasteiger partial charge on any atom is -0.327 e. The molecule has 1 heterocycles. The molecule has 20 heavy (non-hydrogen) atoms. The number of nitrogens with zero attached hydrogens (tertiary/aromatic N) is 2. The molecule has 2 nitrogen and oxygen atoms in total. The molecule has 0 radical (unpaired) electrons. The quantitative estimate of drug-likeness (QED) is 0.707. The van der Waals surface area contributed by atoms with E-state index in [1.165, 1.54) is 25.7 Å². The Hall–Kier alpha value is -0.730. The number of hydrogen-bond acceptors (Lipinski definition) is 1. The summed E-state index contributed by atoms with van der Waals surface area (Å²) in [6.45, 7) is 3.39. The van der Waals surface area contributed by atoms with Gasteiger partial charge in [0.1, 0.15) is 11.3 Å². The van der Waals surface area contributed by atoms with E-state index in [2.05, 4.69) is 22.5 Å². The fourth-order valence-electron chi connectivity index (χ4n) is 3.37. The number of para-hydroxylation sites is 1. The van der Waals surface area contributed by atoms with Gasteiger partial charge in [-0.25, -0.2) is 4.98 Å². The maximum atomic E-state index is 6.25. The van der Waals surface area contributed by atoms with E-state index in [0.29, 0.717) is 10.9 Å². The molecule has 108 valence electrons. The molecule has 0 N–H and O–H groups in total. The topological polar surface area (TPSA) is 17.8 Å². The van der Waals surface area contributed by atoms with Crippen LogP contribution in [0, 0.1) is 11.8 Å². The van der Waals surface area contributed by atoms with Gasteiger partial charge in [0, 0.05) is 6.54 Å². The molecule has 3 rings (SSSR count). The number of benzene rings is 1. The van der Waals surface area contributed by atoms with Gasteiger partial charge >= 0.3 is 0 Å². The van der Waals surface area contributed by atoms with Crippen molar-refractivity contribution in [3.05, 3.63) is 29.0 Å². The molecule has 4 heteroatoms. The SMILES string of the molecule is CC1CCCCC1Cn1c(CCl)nc2c(Cl)cccc21. The van der Waals surface area contributed by atoms with E-state index in [-0.39, 0.29) is 0 Å². The van der Waals surface area contributed by atoms with Crippen LogP contribution < -0.4 is 0 Å². The first kappa shape index (κ1) is 14.2. The average molecular weight is 311 g/mol. The molecule has 1 fully saturated rings. The van der Waals surface area contributed by atoms with Crippen LogP contribution in [-0.2, 0) is 12.4 Å². The zero-order chi connectivity index (χ0) is 14.1. The van der Waals surface area contributed by atoms with Crippen molar-refractivity contribution < 1.29 is 0 Å². The molecule has 1 aliphatic rings. The van der Waals surface area contributed by atoms with E-state index in [1.54, 1.807) is 0 Å². The number of imidazole rings is 1. The first-order valence-electron chi connectivity index (χ1n) is 7.40. The summed E-state index contributed by atoms with van der Waals surface area (Å²) in [5.41, 5.74) is 2.00. The Bertz CT molecular complexity index is 606. The summed E-state index contributed by atoms with van der Waals surface area (Å²) in [5, 5.41) is 0.712. The summed E-state index contributed by atoms with van der Waals surface area (Å²) in [7, 11) is 0. The number of hydrogen-bond donors (Lipinski definition) is 0. The zero-order valence-corrected chi connectivity index (χ0v) is 13.3. The molecule has 1 aliphatic carbocycles. The lowest BCUT2D eigenvalue weighted by Gasteiger charge is -2.29. The largest absolute Gasteiger partial charge is 0.327 e. The van der Waals surface area contributed by atoms with Crippen molar-refractivity contribution in [1.29, 1.82) is 0 Å². The lowest BCUT2D eigenvalue weighted by atomic mass is 9.80. The fraction of sp³-hybridized carbons (Fsp3) is 0.562. The maximum Gasteiger partial charge on any atom is 0.124 e. The Morgan fingerprint density at radius 1 is 1.30 bits per heavy atom. The Labute approximate surface area is 130 Å². The third-order valence-electron chi connectivity index (χ3n) is 4.63. The molecule has 1 saturated carbocycles. The summed E-state index contributed by atoms with van der Waals surface area (Å²) in [4.78, 5) is 4.62. The molecule has 0 amide bonds. The second kappa shape index (κ2) is 5.95. The molecular weight excluding hydrogens is 291 g/mol. The van der Waals surface area contributed by atoms with Crippen molar-refractivity contribution in [2.75, 3.05) is 0 Å². The van der Waals surface area contributed by atoms with Gasteiger partial charge < -0.3 is 4.57 Å². The standard InChI is InChI=1S/C16H20Cl2N2/c1-11-5-2-3-6-12(11)10-20-14-8-4-7-13(18)16(14)19-15(20)9-17/h4,7-8,11-12H,2-3,5-6,9-10H2,1H3. The highest BCUT2D eigenvalue weighted by atomic mass is 35.5. The van der Waals surface area contributed by atoms with Gasteiger partial charge in [-0.05, 0) is 30.4 Å². The average Bonchev–Trinajstić information content (AvgIpc) is 2.81. The van der Waals surface area contributed by atoms with Crippen LogP contribution in [0.15, 0.2) is 18.2 Å². The summed E-state index contributed by atoms with van der Waals surface area (Å²) in [5.74, 6) is 2.88. The van der Waals surface area contributed by atoms with Crippen LogP contribution in [0.2, 0.25) is 5.02 Å². The monoisotopic (exact) mass is 310 g/mol. The Morgan fingerprint density at radius 3 is 2.85 bits per heavy atom. The molecule has 0 bridgehead atoms. The second-order valence-corrected chi connectivity index (χ2v) is 6.58. The third-order valence-corrected chi connectivity index (χ3v) is 5.18. The Kier molecular flexibility index (Phi) is 4.23. The lowest BCUT2D eigenvalue weighted by molar-refractivity contribution is 0.229. The molecule has 2 atom stereocenters. The van der Waals surface area contributed by atoms with Gasteiger partial charge in [-0.1, -0.05) is 43.9 Å². The molecular formula is C16H20Cl2N2. The highest BCUT2D eigenvalue weighted by Gasteiger charge is 2.23. The molecule has 2 unspecified atom stereocenters. The van der Waals surface area contributed by atoms with Gasteiger partial charge in [0.25, 0.3) is 0 Å². The molecule has 1 aromatic heterocycles. The van der Waals surface area contributed by atoms with Crippen molar-refractivity contribution in [2.45, 2.75) is 45.0 Å². The third kappa shape index (κ3) is 2.56. The fourth-order valence-corrected chi connectivity index (χ4v) is 3.78. The van der Waals surface area contributed by atoms with E-state index in [1.807, 2.05) is 12.1 Å². The van der Waals surface area contributed by atoms with Crippen LogP contribution in [0.1, 0.15) is 38.4 Å². The van der Waals surface area contributed by atoms with Crippen molar-refractivity contribution >= 4 is 34.2 Å². The lowest BCUT2D eigenvalue weighted by Crippen LogP contribution is -2.22. The first-order chi connectivity index (χ1) is 9.70. The predicted molar refractivity (Wildman–Crippen MR) is 85.4 cm³/mol. The van der Waals surface area contributed by atoms with Gasteiger partial charge in [-0.2, -0.15) is 0 Å². The van der Waals surface area contributed by atoms with Crippen LogP contribution in [0.25, 0.3) is 11.0 Å². The van der Waals surface area contributed by atoms with E-state index in [9.17, 15) is 0 Å². The maximum absolute atomic E-state index is 6.25. The first-order valence-corrected chi connectivity index (χ1v) is 8.31. The number of aromatic nitrogens is 2. The normalized spacial score (nSPS) is 23.4. The highest BCUT2D eigenvalue weighted by Crippen LogP contribution is 2.33. The van der Waals surface area contributed by atoms with Crippen molar-refractivity contribution in [3.63, 3.8) is 0 Å². The molecule has 0 saturated heterocycles. The summed E-state index contributed by atoms with van der Waals surface area (Å²) >= 11 is 12.3. The van der Waals surface area contributed by atoms with Crippen molar-refractivity contribution in [1.82, 2.24) is 9.55 Å². The van der Waals surface area contributed by atoms with Gasteiger partial charge in [-0.15, -0.1) is 11.6 Å². The minimum absolute atomic E-state index is 0.437. The van der Waals surface area contributed by atoms with Gasteiger partial charge in [0.05, 0.1) is 16.4 Å². The highest BCUT2D eigenvalue weighted by molar-refractivity contribution is 6.35. The predicted octanol–water partition coefficient (Wildman–Crippen LogP) is 5.25. The number of halogens is 2. The minimum atomic E-state index is 0.437. The number of rotatable bonds is 3. The molecule has 0 spiro atoms. The summed E-state index contributed by atoms with van der Waals surface area (Å²) in [6, 6.07) is 5.98. The van der Waals surface area contributed by atoms with Crippen molar-refractivity contribution in [2.24, 2.45) is 11.8 Å². The number of fused-ring (bicyclic) bond motifs is 1. The van der Waals surface area contributed by atoms with Crippen LogP contribution in [-0.4, -0.2) is 9.55 Å². The van der Waals surface area contributed by atoms with Crippen LogP contribution in [0.4, 0.5) is 0 Å². The van der Waals surface area contributed by atoms with Crippen molar-refractivity contribution in [3.8, 4) is 0 Å². The second-order valence-electron chi connectivity index (χ2n) is 5.90. The van der Waals surface area contributed by atoms with Gasteiger partial charge in [-0.3, -0.25) is 0 Å². The molecule has 0 aliphatic heterocycles. The van der Waals surface area contributed by atoms with Crippen LogP contribution >= 0.6 is 23.2 Å². The Balaban J connectivity index is 1.99. The zero-order valence-electron chi connectivity index (χ0n) is 11.8. The summed E-state index contributed by atoms with van der Waals surface area (Å²) in [6.07, 6.45) is 5.37. The van der Waals surface area contributed by atoms with Gasteiger partial charge in [0.2, 0.25) is 0 Å². The molecule has 1 aromatic carbocycles. The van der Waals surface area contributed by atoms with E-state index in [0.717, 1.165) is 35.2 Å². The molecule has 2 aromatic rings. The van der Waals surface area contributed by atoms with E-state index < -0.39 is 0 Å². The smallest absolute Gasteiger partial charge is 0.124 e.